The van der Waals surface area contributed by atoms with E-state index in [1.54, 1.807) is 0 Å². The summed E-state index contributed by atoms with van der Waals surface area (Å²) in [5.74, 6) is -0.531. The third-order valence-corrected chi connectivity index (χ3v) is 2.24. The van der Waals surface area contributed by atoms with Crippen molar-refractivity contribution in [3.63, 3.8) is 0 Å². The fraction of sp³-hybridized carbons (Fsp3) is 0.800. The lowest BCUT2D eigenvalue weighted by molar-refractivity contribution is -0.155. The highest BCUT2D eigenvalue weighted by Crippen LogP contribution is 2.23. The molecule has 1 aliphatic rings. The van der Waals surface area contributed by atoms with Crippen molar-refractivity contribution in [2.45, 2.75) is 51.7 Å². The summed E-state index contributed by atoms with van der Waals surface area (Å²) in [7, 11) is 0. The smallest absolute Gasteiger partial charge is 0.302 e. The molecule has 0 spiro atoms. The van der Waals surface area contributed by atoms with Crippen LogP contribution >= 0.6 is 0 Å². The van der Waals surface area contributed by atoms with E-state index in [9.17, 15) is 9.59 Å². The van der Waals surface area contributed by atoms with E-state index in [0.717, 1.165) is 19.3 Å². The highest BCUT2D eigenvalue weighted by molar-refractivity contribution is 5.66. The zero-order chi connectivity index (χ0) is 10.6. The van der Waals surface area contributed by atoms with Gasteiger partial charge in [-0.05, 0) is 19.3 Å². The van der Waals surface area contributed by atoms with Gasteiger partial charge < -0.3 is 9.47 Å². The van der Waals surface area contributed by atoms with Crippen molar-refractivity contribution in [2.24, 2.45) is 0 Å². The van der Waals surface area contributed by atoms with Crippen LogP contribution in [-0.4, -0.2) is 24.1 Å². The Balaban J connectivity index is 2.35. The number of esters is 2. The number of ether oxygens (including phenoxy) is 2. The van der Waals surface area contributed by atoms with E-state index in [1.807, 2.05) is 0 Å². The highest BCUT2D eigenvalue weighted by atomic mass is 16.6. The van der Waals surface area contributed by atoms with Crippen molar-refractivity contribution in [3.05, 3.63) is 0 Å². The highest BCUT2D eigenvalue weighted by Gasteiger charge is 2.25. The molecular formula is C10H16O4. The first kappa shape index (κ1) is 11.0. The van der Waals surface area contributed by atoms with E-state index in [0.29, 0.717) is 6.42 Å². The summed E-state index contributed by atoms with van der Waals surface area (Å²) in [4.78, 5) is 21.4. The minimum absolute atomic E-state index is 0.0781. The number of hydrogen-bond acceptors (Lipinski definition) is 4. The molecule has 1 rings (SSSR count). The topological polar surface area (TPSA) is 52.6 Å². The first-order valence-corrected chi connectivity index (χ1v) is 4.92. The van der Waals surface area contributed by atoms with E-state index >= 15 is 0 Å². The Hall–Kier alpha value is -1.06. The van der Waals surface area contributed by atoms with Crippen LogP contribution in [0.5, 0.6) is 0 Å². The predicted molar refractivity (Wildman–Crippen MR) is 49.6 cm³/mol. The molecule has 1 fully saturated rings. The Kier molecular flexibility index (Phi) is 3.92. The fourth-order valence-electron chi connectivity index (χ4n) is 1.79. The van der Waals surface area contributed by atoms with Crippen LogP contribution in [0.1, 0.15) is 39.5 Å². The molecule has 1 saturated carbocycles. The molecule has 0 aromatic rings. The van der Waals surface area contributed by atoms with E-state index in [4.69, 9.17) is 9.47 Å². The second kappa shape index (κ2) is 4.98. The average Bonchev–Trinajstić information content (AvgIpc) is 2.01. The molecule has 0 radical (unpaired) electrons. The second-order valence-electron chi connectivity index (χ2n) is 3.63. The molecule has 0 aromatic carbocycles. The largest absolute Gasteiger partial charge is 0.462 e. The van der Waals surface area contributed by atoms with Crippen LogP contribution in [-0.2, 0) is 19.1 Å². The monoisotopic (exact) mass is 200 g/mol. The van der Waals surface area contributed by atoms with Gasteiger partial charge in [0.1, 0.15) is 12.2 Å². The number of carbonyl (C=O) groups is 2. The molecule has 0 amide bonds. The predicted octanol–water partition coefficient (Wildman–Crippen LogP) is 1.42. The van der Waals surface area contributed by atoms with Crippen molar-refractivity contribution in [2.75, 3.05) is 0 Å². The van der Waals surface area contributed by atoms with Gasteiger partial charge in [0.15, 0.2) is 0 Å². The summed E-state index contributed by atoms with van der Waals surface area (Å²) in [5, 5.41) is 0. The first-order chi connectivity index (χ1) is 6.58. The molecule has 0 saturated heterocycles. The third-order valence-electron chi connectivity index (χ3n) is 2.24. The van der Waals surface area contributed by atoms with Crippen LogP contribution in [0.4, 0.5) is 0 Å². The second-order valence-corrected chi connectivity index (χ2v) is 3.63. The molecule has 0 aromatic heterocycles. The normalized spacial score (nSPS) is 26.7. The standard InChI is InChI=1S/C10H16O4/c1-7(11)13-9-4-3-5-10(6-9)14-8(2)12/h9-10H,3-6H2,1-2H3/t9-,10-/m1/s1. The minimum Gasteiger partial charge on any atom is -0.462 e. The summed E-state index contributed by atoms with van der Waals surface area (Å²) in [6.45, 7) is 2.80. The quantitative estimate of drug-likeness (QED) is 0.633. The molecule has 14 heavy (non-hydrogen) atoms. The lowest BCUT2D eigenvalue weighted by Crippen LogP contribution is -2.30. The Morgan fingerprint density at radius 3 is 1.79 bits per heavy atom. The van der Waals surface area contributed by atoms with Gasteiger partial charge in [-0.1, -0.05) is 0 Å². The molecule has 0 bridgehead atoms. The van der Waals surface area contributed by atoms with Crippen LogP contribution in [0, 0.1) is 0 Å². The van der Waals surface area contributed by atoms with Gasteiger partial charge in [0.05, 0.1) is 0 Å². The maximum absolute atomic E-state index is 10.7. The SMILES string of the molecule is CC(=O)O[C@@H]1CCC[C@@H](OC(C)=O)C1. The minimum atomic E-state index is -0.265. The van der Waals surface area contributed by atoms with E-state index in [1.165, 1.54) is 13.8 Å². The maximum atomic E-state index is 10.7. The van der Waals surface area contributed by atoms with E-state index < -0.39 is 0 Å². The van der Waals surface area contributed by atoms with Crippen LogP contribution < -0.4 is 0 Å². The fourth-order valence-corrected chi connectivity index (χ4v) is 1.79. The maximum Gasteiger partial charge on any atom is 0.302 e. The van der Waals surface area contributed by atoms with Gasteiger partial charge in [-0.2, -0.15) is 0 Å². The van der Waals surface area contributed by atoms with Crippen LogP contribution in [0.15, 0.2) is 0 Å². The zero-order valence-electron chi connectivity index (χ0n) is 8.62. The molecule has 0 N–H and O–H groups in total. The Bertz CT molecular complexity index is 202. The number of rotatable bonds is 2. The van der Waals surface area contributed by atoms with Crippen molar-refractivity contribution in [1.82, 2.24) is 0 Å². The summed E-state index contributed by atoms with van der Waals surface area (Å²) in [5.41, 5.74) is 0. The van der Waals surface area contributed by atoms with Gasteiger partial charge >= 0.3 is 11.9 Å². The zero-order valence-corrected chi connectivity index (χ0v) is 8.62. The summed E-state index contributed by atoms with van der Waals surface area (Å²) in [6.07, 6.45) is 3.17. The Morgan fingerprint density at radius 2 is 1.43 bits per heavy atom. The van der Waals surface area contributed by atoms with Crippen molar-refractivity contribution >= 4 is 11.9 Å². The first-order valence-electron chi connectivity index (χ1n) is 4.92. The molecule has 2 atom stereocenters. The van der Waals surface area contributed by atoms with Gasteiger partial charge in [-0.15, -0.1) is 0 Å². The average molecular weight is 200 g/mol. The van der Waals surface area contributed by atoms with Crippen molar-refractivity contribution < 1.29 is 19.1 Å². The van der Waals surface area contributed by atoms with Crippen LogP contribution in [0.3, 0.4) is 0 Å². The number of hydrogen-bond donors (Lipinski definition) is 0. The van der Waals surface area contributed by atoms with Gasteiger partial charge in [0.2, 0.25) is 0 Å². The number of carbonyl (C=O) groups excluding carboxylic acids is 2. The van der Waals surface area contributed by atoms with E-state index in [2.05, 4.69) is 0 Å². The summed E-state index contributed by atoms with van der Waals surface area (Å²) in [6, 6.07) is 0. The molecule has 4 nitrogen and oxygen atoms in total. The summed E-state index contributed by atoms with van der Waals surface area (Å²) >= 11 is 0. The molecule has 0 aliphatic heterocycles. The molecule has 0 heterocycles. The molecule has 4 heteroatoms. The van der Waals surface area contributed by atoms with Crippen molar-refractivity contribution in [3.8, 4) is 0 Å². The Morgan fingerprint density at radius 1 is 1.00 bits per heavy atom. The Labute approximate surface area is 83.6 Å². The van der Waals surface area contributed by atoms with Crippen LogP contribution in [0.25, 0.3) is 0 Å². The van der Waals surface area contributed by atoms with Crippen LogP contribution in [0.2, 0.25) is 0 Å². The van der Waals surface area contributed by atoms with E-state index in [-0.39, 0.29) is 24.1 Å². The van der Waals surface area contributed by atoms with Crippen molar-refractivity contribution in [1.29, 1.82) is 0 Å². The lowest BCUT2D eigenvalue weighted by Gasteiger charge is -2.27. The molecule has 0 unspecified atom stereocenters. The summed E-state index contributed by atoms with van der Waals surface area (Å²) < 4.78 is 10.1. The molecular weight excluding hydrogens is 184 g/mol. The lowest BCUT2D eigenvalue weighted by atomic mass is 9.95. The third kappa shape index (κ3) is 3.77. The molecule has 1 aliphatic carbocycles. The van der Waals surface area contributed by atoms with Gasteiger partial charge in [0.25, 0.3) is 0 Å². The van der Waals surface area contributed by atoms with Gasteiger partial charge in [0, 0.05) is 20.3 Å². The molecule has 80 valence electrons. The van der Waals surface area contributed by atoms with Gasteiger partial charge in [-0.25, -0.2) is 0 Å². The van der Waals surface area contributed by atoms with Gasteiger partial charge in [-0.3, -0.25) is 9.59 Å².